The van der Waals surface area contributed by atoms with Crippen LogP contribution >= 0.6 is 15.9 Å². The van der Waals surface area contributed by atoms with Gasteiger partial charge in [0.25, 0.3) is 0 Å². The van der Waals surface area contributed by atoms with Gasteiger partial charge in [0.1, 0.15) is 23.1 Å². The van der Waals surface area contributed by atoms with Gasteiger partial charge in [-0.05, 0) is 46.3 Å². The highest BCUT2D eigenvalue weighted by molar-refractivity contribution is 9.10. The number of benzene rings is 2. The maximum absolute atomic E-state index is 13.4. The van der Waals surface area contributed by atoms with Gasteiger partial charge >= 0.3 is 0 Å². The molecule has 94 valence electrons. The Hall–Kier alpha value is -1.46. The molecule has 0 bridgehead atoms. The molecule has 5 heteroatoms. The SMILES string of the molecule is OCc1c(F)cccc1Oc1ccc(F)cc1Br. The van der Waals surface area contributed by atoms with Crippen molar-refractivity contribution in [1.29, 1.82) is 0 Å². The molecule has 2 nitrogen and oxygen atoms in total. The molecular formula is C13H9BrF2O2. The summed E-state index contributed by atoms with van der Waals surface area (Å²) in [5.74, 6) is -0.411. The van der Waals surface area contributed by atoms with E-state index in [2.05, 4.69) is 15.9 Å². The molecule has 2 rings (SSSR count). The number of ether oxygens (including phenoxy) is 1. The molecule has 18 heavy (non-hydrogen) atoms. The van der Waals surface area contributed by atoms with Crippen molar-refractivity contribution in [3.8, 4) is 11.5 Å². The number of aliphatic hydroxyl groups is 1. The zero-order valence-corrected chi connectivity index (χ0v) is 10.7. The zero-order chi connectivity index (χ0) is 13.1. The first-order valence-electron chi connectivity index (χ1n) is 5.13. The van der Waals surface area contributed by atoms with Gasteiger partial charge in [0.2, 0.25) is 0 Å². The van der Waals surface area contributed by atoms with Crippen LogP contribution in [-0.2, 0) is 6.61 Å². The van der Waals surface area contributed by atoms with Gasteiger partial charge in [-0.1, -0.05) is 6.07 Å². The van der Waals surface area contributed by atoms with Crippen molar-refractivity contribution in [2.45, 2.75) is 6.61 Å². The van der Waals surface area contributed by atoms with E-state index in [0.29, 0.717) is 10.2 Å². The van der Waals surface area contributed by atoms with Crippen LogP contribution in [0.25, 0.3) is 0 Å². The predicted octanol–water partition coefficient (Wildman–Crippen LogP) is 4.01. The third-order valence-electron chi connectivity index (χ3n) is 2.35. The van der Waals surface area contributed by atoms with Gasteiger partial charge in [0, 0.05) is 0 Å². The number of halogens is 3. The molecule has 0 radical (unpaired) electrons. The van der Waals surface area contributed by atoms with E-state index in [9.17, 15) is 8.78 Å². The lowest BCUT2D eigenvalue weighted by Gasteiger charge is -2.11. The van der Waals surface area contributed by atoms with Gasteiger partial charge in [0.05, 0.1) is 16.6 Å². The molecule has 0 saturated heterocycles. The standard InChI is InChI=1S/C13H9BrF2O2/c14-10-6-8(15)4-5-13(10)18-12-3-1-2-11(16)9(12)7-17/h1-6,17H,7H2. The fraction of sp³-hybridized carbons (Fsp3) is 0.0769. The highest BCUT2D eigenvalue weighted by atomic mass is 79.9. The Morgan fingerprint density at radius 1 is 1.11 bits per heavy atom. The Morgan fingerprint density at radius 3 is 2.56 bits per heavy atom. The van der Waals surface area contributed by atoms with Crippen LogP contribution in [0.1, 0.15) is 5.56 Å². The first-order valence-corrected chi connectivity index (χ1v) is 5.92. The molecule has 0 aliphatic carbocycles. The largest absolute Gasteiger partial charge is 0.456 e. The minimum atomic E-state index is -0.548. The number of aliphatic hydroxyl groups excluding tert-OH is 1. The molecule has 0 fully saturated rings. The molecule has 2 aromatic rings. The van der Waals surface area contributed by atoms with Crippen molar-refractivity contribution in [2.24, 2.45) is 0 Å². The van der Waals surface area contributed by atoms with E-state index < -0.39 is 18.2 Å². The molecule has 0 amide bonds. The molecule has 0 aliphatic rings. The van der Waals surface area contributed by atoms with Crippen LogP contribution in [0.2, 0.25) is 0 Å². The van der Waals surface area contributed by atoms with Gasteiger partial charge in [-0.3, -0.25) is 0 Å². The van der Waals surface area contributed by atoms with Crippen LogP contribution in [0.15, 0.2) is 40.9 Å². The van der Waals surface area contributed by atoms with Crippen LogP contribution in [-0.4, -0.2) is 5.11 Å². The second-order valence-corrected chi connectivity index (χ2v) is 4.41. The Labute approximate surface area is 111 Å². The summed E-state index contributed by atoms with van der Waals surface area (Å²) < 4.78 is 32.2. The van der Waals surface area contributed by atoms with Crippen molar-refractivity contribution >= 4 is 15.9 Å². The fourth-order valence-electron chi connectivity index (χ4n) is 1.46. The van der Waals surface area contributed by atoms with Crippen LogP contribution in [0, 0.1) is 11.6 Å². The summed E-state index contributed by atoms with van der Waals surface area (Å²) in [7, 11) is 0. The minimum Gasteiger partial charge on any atom is -0.456 e. The maximum atomic E-state index is 13.4. The summed E-state index contributed by atoms with van der Waals surface area (Å²) in [4.78, 5) is 0. The molecular weight excluding hydrogens is 306 g/mol. The monoisotopic (exact) mass is 314 g/mol. The lowest BCUT2D eigenvalue weighted by molar-refractivity contribution is 0.270. The van der Waals surface area contributed by atoms with Crippen molar-refractivity contribution in [1.82, 2.24) is 0 Å². The fourth-order valence-corrected chi connectivity index (χ4v) is 1.90. The van der Waals surface area contributed by atoms with Crippen LogP contribution in [0.4, 0.5) is 8.78 Å². The van der Waals surface area contributed by atoms with E-state index in [0.717, 1.165) is 0 Å². The molecule has 0 saturated carbocycles. The summed E-state index contributed by atoms with van der Waals surface area (Å²) in [6.07, 6.45) is 0. The van der Waals surface area contributed by atoms with E-state index in [1.54, 1.807) is 0 Å². The minimum absolute atomic E-state index is 0.0636. The van der Waals surface area contributed by atoms with E-state index in [1.807, 2.05) is 0 Å². The molecule has 0 aromatic heterocycles. The number of rotatable bonds is 3. The first kappa shape index (κ1) is 13.0. The summed E-state index contributed by atoms with van der Waals surface area (Å²) in [5.41, 5.74) is 0.0636. The Balaban J connectivity index is 2.37. The molecule has 0 spiro atoms. The second-order valence-electron chi connectivity index (χ2n) is 3.55. The van der Waals surface area contributed by atoms with Crippen LogP contribution in [0.3, 0.4) is 0 Å². The van der Waals surface area contributed by atoms with Crippen molar-refractivity contribution in [3.05, 3.63) is 58.1 Å². The smallest absolute Gasteiger partial charge is 0.141 e. The summed E-state index contributed by atoms with van der Waals surface area (Å²) >= 11 is 3.15. The Morgan fingerprint density at radius 2 is 1.89 bits per heavy atom. The van der Waals surface area contributed by atoms with Gasteiger partial charge in [-0.2, -0.15) is 0 Å². The Kier molecular flexibility index (Phi) is 3.93. The van der Waals surface area contributed by atoms with Gasteiger partial charge in [0.15, 0.2) is 0 Å². The highest BCUT2D eigenvalue weighted by Crippen LogP contribution is 2.32. The first-order chi connectivity index (χ1) is 8.61. The normalized spacial score (nSPS) is 10.4. The van der Waals surface area contributed by atoms with Crippen molar-refractivity contribution in [2.75, 3.05) is 0 Å². The quantitative estimate of drug-likeness (QED) is 0.927. The van der Waals surface area contributed by atoms with Gasteiger partial charge in [-0.15, -0.1) is 0 Å². The summed E-state index contributed by atoms with van der Waals surface area (Å²) in [5, 5.41) is 9.10. The van der Waals surface area contributed by atoms with Crippen molar-refractivity contribution in [3.63, 3.8) is 0 Å². The maximum Gasteiger partial charge on any atom is 0.141 e. The van der Waals surface area contributed by atoms with Gasteiger partial charge in [-0.25, -0.2) is 8.78 Å². The van der Waals surface area contributed by atoms with E-state index in [1.165, 1.54) is 36.4 Å². The molecule has 2 aromatic carbocycles. The molecule has 0 unspecified atom stereocenters. The van der Waals surface area contributed by atoms with E-state index in [-0.39, 0.29) is 11.3 Å². The lowest BCUT2D eigenvalue weighted by atomic mass is 10.2. The zero-order valence-electron chi connectivity index (χ0n) is 9.16. The summed E-state index contributed by atoms with van der Waals surface area (Å²) in [6, 6.07) is 8.14. The van der Waals surface area contributed by atoms with E-state index in [4.69, 9.17) is 9.84 Å². The molecule has 1 N–H and O–H groups in total. The number of hydrogen-bond donors (Lipinski definition) is 1. The highest BCUT2D eigenvalue weighted by Gasteiger charge is 2.11. The van der Waals surface area contributed by atoms with Crippen LogP contribution < -0.4 is 4.74 Å². The topological polar surface area (TPSA) is 29.5 Å². The molecule has 0 heterocycles. The lowest BCUT2D eigenvalue weighted by Crippen LogP contribution is -1.96. The third kappa shape index (κ3) is 2.68. The van der Waals surface area contributed by atoms with Crippen molar-refractivity contribution < 1.29 is 18.6 Å². The Bertz CT molecular complexity index is 573. The van der Waals surface area contributed by atoms with E-state index >= 15 is 0 Å². The summed E-state index contributed by atoms with van der Waals surface area (Å²) in [6.45, 7) is -0.471. The van der Waals surface area contributed by atoms with Gasteiger partial charge < -0.3 is 9.84 Å². The average Bonchev–Trinajstić information content (AvgIpc) is 2.33. The molecule has 0 aliphatic heterocycles. The second kappa shape index (κ2) is 5.46. The average molecular weight is 315 g/mol. The number of hydrogen-bond acceptors (Lipinski definition) is 2. The predicted molar refractivity (Wildman–Crippen MR) is 66.5 cm³/mol. The van der Waals surface area contributed by atoms with Crippen LogP contribution in [0.5, 0.6) is 11.5 Å². The molecule has 0 atom stereocenters. The third-order valence-corrected chi connectivity index (χ3v) is 2.97.